The van der Waals surface area contributed by atoms with Crippen molar-refractivity contribution in [1.29, 1.82) is 0 Å². The van der Waals surface area contributed by atoms with Crippen molar-refractivity contribution >= 4 is 6.08 Å². The van der Waals surface area contributed by atoms with Crippen LogP contribution in [0.15, 0.2) is 42.5 Å². The fourth-order valence-corrected chi connectivity index (χ4v) is 1.01. The lowest BCUT2D eigenvalue weighted by atomic mass is 10.1. The van der Waals surface area contributed by atoms with Gasteiger partial charge in [0.2, 0.25) is 0 Å². The molecule has 0 aliphatic rings. The van der Waals surface area contributed by atoms with Crippen LogP contribution in [0.2, 0.25) is 0 Å². The number of hydrogen-bond donors (Lipinski definition) is 0. The molecule has 0 heterocycles. The summed E-state index contributed by atoms with van der Waals surface area (Å²) < 4.78 is 35.1. The molecule has 0 amide bonds. The van der Waals surface area contributed by atoms with Crippen molar-refractivity contribution in [2.24, 2.45) is 0 Å². The predicted octanol–water partition coefficient (Wildman–Crippen LogP) is 4.13. The summed E-state index contributed by atoms with van der Waals surface area (Å²) in [6, 6.07) is 7.53. The van der Waals surface area contributed by atoms with Crippen LogP contribution < -0.4 is 0 Å². The van der Waals surface area contributed by atoms with Crippen LogP contribution >= 0.6 is 0 Å². The van der Waals surface area contributed by atoms with Gasteiger partial charge in [-0.3, -0.25) is 0 Å². The standard InChI is InChI=1S/C12H11F3/c1-10-5-7-11(8-6-10)4-2-3-9-12(13,14)15/h2-9H,1H3/b4-2+,9-3+. The summed E-state index contributed by atoms with van der Waals surface area (Å²) in [6.07, 6.45) is -0.0466. The summed E-state index contributed by atoms with van der Waals surface area (Å²) in [5.41, 5.74) is 2.01. The van der Waals surface area contributed by atoms with Gasteiger partial charge in [-0.05, 0) is 12.5 Å². The van der Waals surface area contributed by atoms with Crippen molar-refractivity contribution in [1.82, 2.24) is 0 Å². The van der Waals surface area contributed by atoms with E-state index in [1.54, 1.807) is 6.08 Å². The van der Waals surface area contributed by atoms with E-state index >= 15 is 0 Å². The molecule has 1 aromatic rings. The van der Waals surface area contributed by atoms with Crippen LogP contribution in [0.25, 0.3) is 6.08 Å². The Morgan fingerprint density at radius 2 is 1.60 bits per heavy atom. The molecule has 0 aromatic heterocycles. The van der Waals surface area contributed by atoms with E-state index in [1.807, 2.05) is 31.2 Å². The smallest absolute Gasteiger partial charge is 0.167 e. The normalized spacial score (nSPS) is 12.8. The van der Waals surface area contributed by atoms with Crippen molar-refractivity contribution in [2.45, 2.75) is 13.1 Å². The summed E-state index contributed by atoms with van der Waals surface area (Å²) in [6.45, 7) is 1.96. The molecule has 0 saturated carbocycles. The van der Waals surface area contributed by atoms with Gasteiger partial charge in [0, 0.05) is 6.08 Å². The minimum Gasteiger partial charge on any atom is -0.167 e. The molecule has 0 unspecified atom stereocenters. The molecule has 0 radical (unpaired) electrons. The third-order valence-corrected chi connectivity index (χ3v) is 1.76. The highest BCUT2D eigenvalue weighted by molar-refractivity contribution is 5.51. The van der Waals surface area contributed by atoms with Crippen molar-refractivity contribution in [2.75, 3.05) is 0 Å². The molecule has 0 N–H and O–H groups in total. The summed E-state index contributed by atoms with van der Waals surface area (Å²) in [4.78, 5) is 0. The van der Waals surface area contributed by atoms with Crippen molar-refractivity contribution < 1.29 is 13.2 Å². The van der Waals surface area contributed by atoms with E-state index in [-0.39, 0.29) is 6.08 Å². The van der Waals surface area contributed by atoms with E-state index in [0.29, 0.717) is 0 Å². The molecular weight excluding hydrogens is 201 g/mol. The Morgan fingerprint density at radius 1 is 1.00 bits per heavy atom. The highest BCUT2D eigenvalue weighted by atomic mass is 19.4. The number of allylic oxidation sites excluding steroid dienone is 3. The fraction of sp³-hybridized carbons (Fsp3) is 0.167. The van der Waals surface area contributed by atoms with E-state index in [9.17, 15) is 13.2 Å². The Morgan fingerprint density at radius 3 is 2.13 bits per heavy atom. The fourth-order valence-electron chi connectivity index (χ4n) is 1.01. The van der Waals surface area contributed by atoms with Gasteiger partial charge in [0.25, 0.3) is 0 Å². The number of aryl methyl sites for hydroxylation is 1. The highest BCUT2D eigenvalue weighted by Gasteiger charge is 2.21. The summed E-state index contributed by atoms with van der Waals surface area (Å²) in [5.74, 6) is 0. The van der Waals surface area contributed by atoms with Crippen LogP contribution in [0.4, 0.5) is 13.2 Å². The molecule has 1 aromatic carbocycles. The molecule has 1 rings (SSSR count). The van der Waals surface area contributed by atoms with Crippen LogP contribution in [0.1, 0.15) is 11.1 Å². The van der Waals surface area contributed by atoms with E-state index in [1.165, 1.54) is 6.08 Å². The second-order valence-corrected chi connectivity index (χ2v) is 3.17. The Balaban J connectivity index is 2.59. The third kappa shape index (κ3) is 5.05. The van der Waals surface area contributed by atoms with Crippen molar-refractivity contribution in [3.63, 3.8) is 0 Å². The van der Waals surface area contributed by atoms with Crippen molar-refractivity contribution in [3.8, 4) is 0 Å². The summed E-state index contributed by atoms with van der Waals surface area (Å²) in [5, 5.41) is 0. The molecule has 0 saturated heterocycles. The minimum absolute atomic E-state index is 0.206. The third-order valence-electron chi connectivity index (χ3n) is 1.76. The molecule has 0 spiro atoms. The SMILES string of the molecule is Cc1ccc(/C=C/C=C/C(F)(F)F)cc1. The molecule has 80 valence electrons. The molecular formula is C12H11F3. The van der Waals surface area contributed by atoms with Gasteiger partial charge in [-0.1, -0.05) is 48.1 Å². The Bertz CT molecular complexity index is 355. The quantitative estimate of drug-likeness (QED) is 0.646. The molecule has 0 aliphatic carbocycles. The molecule has 0 aliphatic heterocycles. The van der Waals surface area contributed by atoms with E-state index < -0.39 is 6.18 Å². The van der Waals surface area contributed by atoms with Gasteiger partial charge in [0.15, 0.2) is 0 Å². The number of rotatable bonds is 2. The maximum atomic E-state index is 11.7. The zero-order chi connectivity index (χ0) is 11.3. The topological polar surface area (TPSA) is 0 Å². The first-order valence-electron chi connectivity index (χ1n) is 4.47. The maximum Gasteiger partial charge on any atom is 0.409 e. The molecule has 3 heteroatoms. The van der Waals surface area contributed by atoms with Gasteiger partial charge in [0.05, 0.1) is 0 Å². The number of halogens is 3. The van der Waals surface area contributed by atoms with E-state index in [4.69, 9.17) is 0 Å². The maximum absolute atomic E-state index is 11.7. The largest absolute Gasteiger partial charge is 0.409 e. The lowest BCUT2D eigenvalue weighted by Gasteiger charge is -1.95. The van der Waals surface area contributed by atoms with Crippen LogP contribution in [0, 0.1) is 6.92 Å². The average Bonchev–Trinajstić information content (AvgIpc) is 2.14. The molecule has 0 nitrogen and oxygen atoms in total. The van der Waals surface area contributed by atoms with Crippen LogP contribution in [0.5, 0.6) is 0 Å². The molecule has 0 fully saturated rings. The van der Waals surface area contributed by atoms with Gasteiger partial charge in [-0.25, -0.2) is 0 Å². The Kier molecular flexibility index (Phi) is 3.72. The predicted molar refractivity (Wildman–Crippen MR) is 55.4 cm³/mol. The Hall–Kier alpha value is -1.51. The van der Waals surface area contributed by atoms with Crippen LogP contribution in [-0.4, -0.2) is 6.18 Å². The minimum atomic E-state index is -4.24. The second-order valence-electron chi connectivity index (χ2n) is 3.17. The first-order chi connectivity index (χ1) is 6.97. The average molecular weight is 212 g/mol. The van der Waals surface area contributed by atoms with Crippen molar-refractivity contribution in [3.05, 3.63) is 53.6 Å². The van der Waals surface area contributed by atoms with Gasteiger partial charge >= 0.3 is 6.18 Å². The van der Waals surface area contributed by atoms with Crippen LogP contribution in [0.3, 0.4) is 0 Å². The monoisotopic (exact) mass is 212 g/mol. The second kappa shape index (κ2) is 4.82. The Labute approximate surface area is 86.7 Å². The number of alkyl halides is 3. The molecule has 15 heavy (non-hydrogen) atoms. The first-order valence-corrected chi connectivity index (χ1v) is 4.47. The zero-order valence-electron chi connectivity index (χ0n) is 8.25. The van der Waals surface area contributed by atoms with E-state index in [0.717, 1.165) is 17.2 Å². The zero-order valence-corrected chi connectivity index (χ0v) is 8.25. The number of hydrogen-bond acceptors (Lipinski definition) is 0. The first kappa shape index (κ1) is 11.6. The number of benzene rings is 1. The molecule has 0 bridgehead atoms. The van der Waals surface area contributed by atoms with Gasteiger partial charge in [-0.15, -0.1) is 0 Å². The van der Waals surface area contributed by atoms with E-state index in [2.05, 4.69) is 0 Å². The van der Waals surface area contributed by atoms with Gasteiger partial charge < -0.3 is 0 Å². The van der Waals surface area contributed by atoms with Gasteiger partial charge in [-0.2, -0.15) is 13.2 Å². The summed E-state index contributed by atoms with van der Waals surface area (Å²) in [7, 11) is 0. The lowest BCUT2D eigenvalue weighted by molar-refractivity contribution is -0.0798. The molecule has 0 atom stereocenters. The van der Waals surface area contributed by atoms with Gasteiger partial charge in [0.1, 0.15) is 0 Å². The van der Waals surface area contributed by atoms with Crippen LogP contribution in [-0.2, 0) is 0 Å². The highest BCUT2D eigenvalue weighted by Crippen LogP contribution is 2.16. The summed E-state index contributed by atoms with van der Waals surface area (Å²) >= 11 is 0. The lowest BCUT2D eigenvalue weighted by Crippen LogP contribution is -1.99.